The van der Waals surface area contributed by atoms with E-state index >= 15 is 0 Å². The van der Waals surface area contributed by atoms with Crippen molar-refractivity contribution in [2.75, 3.05) is 0 Å². The third-order valence-corrected chi connectivity index (χ3v) is 16.3. The summed E-state index contributed by atoms with van der Waals surface area (Å²) in [6, 6.07) is 0. The second-order valence-electron chi connectivity index (χ2n) is 7.12. The van der Waals surface area contributed by atoms with Gasteiger partial charge in [-0.15, -0.1) is 0 Å². The van der Waals surface area contributed by atoms with Crippen molar-refractivity contribution in [3.05, 3.63) is 0 Å². The van der Waals surface area contributed by atoms with E-state index in [0.717, 1.165) is 0 Å². The van der Waals surface area contributed by atoms with E-state index in [-0.39, 0.29) is 32.7 Å². The van der Waals surface area contributed by atoms with Crippen molar-refractivity contribution in [3.8, 4) is 0 Å². The fraction of sp³-hybridized carbons (Fsp3) is 1.00. The van der Waals surface area contributed by atoms with Crippen LogP contribution in [0.5, 0.6) is 0 Å². The van der Waals surface area contributed by atoms with Crippen LogP contribution >= 0.6 is 0 Å². The van der Waals surface area contributed by atoms with E-state index in [1.807, 2.05) is 0 Å². The predicted octanol–water partition coefficient (Wildman–Crippen LogP) is 3.39. The van der Waals surface area contributed by atoms with Crippen molar-refractivity contribution in [1.29, 1.82) is 0 Å². The molecule has 20 heavy (non-hydrogen) atoms. The van der Waals surface area contributed by atoms with Gasteiger partial charge in [0.25, 0.3) is 9.28 Å². The Kier molecular flexibility index (Phi) is 11.4. The Bertz CT molecular complexity index is 254. The Morgan fingerprint density at radius 1 is 0.750 bits per heavy atom. The van der Waals surface area contributed by atoms with Crippen LogP contribution in [0.4, 0.5) is 0 Å². The van der Waals surface area contributed by atoms with E-state index in [1.165, 1.54) is 0 Å². The van der Waals surface area contributed by atoms with Gasteiger partial charge in [0.1, 0.15) is 0 Å². The molecule has 0 heterocycles. The summed E-state index contributed by atoms with van der Waals surface area (Å²) < 4.78 is 24.3. The van der Waals surface area contributed by atoms with Gasteiger partial charge < -0.3 is 16.5 Å². The summed E-state index contributed by atoms with van der Waals surface area (Å²) in [6.07, 6.45) is 0. The molecule has 4 nitrogen and oxygen atoms in total. The molecule has 0 N–H and O–H groups in total. The third-order valence-electron chi connectivity index (χ3n) is 1.81. The van der Waals surface area contributed by atoms with E-state index < -0.39 is 43.8 Å². The van der Waals surface area contributed by atoms with Gasteiger partial charge in [-0.2, -0.15) is 0 Å². The molecule has 1 unspecified atom stereocenters. The van der Waals surface area contributed by atoms with Crippen LogP contribution in [0.25, 0.3) is 0 Å². The van der Waals surface area contributed by atoms with Crippen molar-refractivity contribution < 1.29 is 49.2 Å². The fourth-order valence-corrected chi connectivity index (χ4v) is 16.9. The van der Waals surface area contributed by atoms with Gasteiger partial charge in [-0.25, -0.2) is 0 Å². The van der Waals surface area contributed by atoms with Gasteiger partial charge in [-0.1, -0.05) is 0 Å². The van der Waals surface area contributed by atoms with Crippen LogP contribution < -0.4 is 0 Å². The molecule has 2 radical (unpaired) electrons. The molecule has 0 aliphatic heterocycles. The van der Waals surface area contributed by atoms with Crippen molar-refractivity contribution in [1.82, 2.24) is 0 Å². The van der Waals surface area contributed by atoms with E-state index in [1.54, 1.807) is 0 Å². The SMILES string of the molecule is C[Si](O[Si](C)(C)C)O[Si](C)(C)O[SiH](C)O[Si](C)(C)C.[Y]. The van der Waals surface area contributed by atoms with Crippen molar-refractivity contribution in [2.45, 2.75) is 65.5 Å². The summed E-state index contributed by atoms with van der Waals surface area (Å²) in [5.41, 5.74) is 0. The minimum absolute atomic E-state index is 0. The van der Waals surface area contributed by atoms with Gasteiger partial charge in [0, 0.05) is 32.7 Å². The number of hydrogen-bond acceptors (Lipinski definition) is 4. The smallest absolute Gasteiger partial charge is 0.360 e. The minimum Gasteiger partial charge on any atom is -0.439 e. The molecule has 10 heteroatoms. The number of rotatable bonds is 8. The molecular weight excluding hydrogens is 413 g/mol. The van der Waals surface area contributed by atoms with Crippen LogP contribution in [0.3, 0.4) is 0 Å². The molecule has 0 bridgehead atoms. The molecule has 0 aromatic carbocycles. The molecule has 0 amide bonds. The first-order valence-corrected chi connectivity index (χ1v) is 20.3. The molecule has 0 spiro atoms. The number of hydrogen-bond donors (Lipinski definition) is 0. The molecule has 0 aromatic heterocycles. The maximum atomic E-state index is 6.13. The first-order valence-electron chi connectivity index (χ1n) is 6.77. The van der Waals surface area contributed by atoms with Crippen molar-refractivity contribution in [3.63, 3.8) is 0 Å². The van der Waals surface area contributed by atoms with Crippen LogP contribution in [0, 0.1) is 0 Å². The first kappa shape index (κ1) is 24.3. The average molecular weight is 445 g/mol. The second kappa shape index (κ2) is 9.35. The zero-order valence-electron chi connectivity index (χ0n) is 14.8. The Hall–Kier alpha value is 2.03. The van der Waals surface area contributed by atoms with Crippen LogP contribution in [-0.2, 0) is 49.2 Å². The zero-order valence-corrected chi connectivity index (χ0v) is 22.8. The maximum Gasteiger partial charge on any atom is 0.360 e. The monoisotopic (exact) mass is 444 g/mol. The van der Waals surface area contributed by atoms with Crippen molar-refractivity contribution in [2.24, 2.45) is 0 Å². The van der Waals surface area contributed by atoms with E-state index in [2.05, 4.69) is 65.5 Å². The largest absolute Gasteiger partial charge is 0.439 e. The molecule has 0 aliphatic rings. The maximum absolute atomic E-state index is 6.13. The molecule has 0 aromatic rings. The van der Waals surface area contributed by atoms with Crippen LogP contribution in [-0.4, -0.2) is 43.8 Å². The molecule has 0 fully saturated rings. The third kappa shape index (κ3) is 14.9. The summed E-state index contributed by atoms with van der Waals surface area (Å²) in [5, 5.41) is 0. The summed E-state index contributed by atoms with van der Waals surface area (Å²) in [7, 11) is -7.97. The van der Waals surface area contributed by atoms with E-state index in [4.69, 9.17) is 16.5 Å². The summed E-state index contributed by atoms with van der Waals surface area (Å²) in [4.78, 5) is 0. The first-order chi connectivity index (χ1) is 8.20. The van der Waals surface area contributed by atoms with Gasteiger partial charge in [0.15, 0.2) is 16.6 Å². The van der Waals surface area contributed by atoms with Crippen LogP contribution in [0.1, 0.15) is 0 Å². The van der Waals surface area contributed by atoms with Crippen LogP contribution in [0.15, 0.2) is 0 Å². The topological polar surface area (TPSA) is 36.9 Å². The van der Waals surface area contributed by atoms with Gasteiger partial charge in [0.2, 0.25) is 0 Å². The molecule has 1 atom stereocenters. The van der Waals surface area contributed by atoms with Gasteiger partial charge in [-0.3, -0.25) is 0 Å². The molecule has 0 aliphatic carbocycles. The Morgan fingerprint density at radius 3 is 1.55 bits per heavy atom. The molecule has 0 rings (SSSR count). The standard InChI is InChI=1S/C10H31O4Si5.Y/c1-15(11-17(3,4)5)13-19(9,10)14-16(2)12-18(6,7)8;/h15H,1-10H3;. The van der Waals surface area contributed by atoms with Crippen LogP contribution in [0.2, 0.25) is 65.5 Å². The quantitative estimate of drug-likeness (QED) is 0.538. The molecule has 0 saturated heterocycles. The Labute approximate surface area is 157 Å². The normalized spacial score (nSPS) is 15.2. The summed E-state index contributed by atoms with van der Waals surface area (Å²) in [5.74, 6) is 0. The van der Waals surface area contributed by atoms with E-state index in [9.17, 15) is 0 Å². The van der Waals surface area contributed by atoms with Gasteiger partial charge >= 0.3 is 17.8 Å². The molecular formula is C10H31O4Si5Y. The molecule has 0 saturated carbocycles. The Balaban J connectivity index is 0. The summed E-state index contributed by atoms with van der Waals surface area (Å²) >= 11 is 0. The van der Waals surface area contributed by atoms with Gasteiger partial charge in [-0.05, 0) is 65.5 Å². The zero-order chi connectivity index (χ0) is 15.5. The van der Waals surface area contributed by atoms with Crippen molar-refractivity contribution >= 4 is 43.8 Å². The van der Waals surface area contributed by atoms with E-state index in [0.29, 0.717) is 0 Å². The minimum atomic E-state index is -2.13. The summed E-state index contributed by atoms with van der Waals surface area (Å²) in [6.45, 7) is 21.5. The van der Waals surface area contributed by atoms with Gasteiger partial charge in [0.05, 0.1) is 0 Å². The average Bonchev–Trinajstić information content (AvgIpc) is 1.89. The Morgan fingerprint density at radius 2 is 1.20 bits per heavy atom. The molecule has 118 valence electrons. The predicted molar refractivity (Wildman–Crippen MR) is 93.1 cm³/mol. The fourth-order valence-electron chi connectivity index (χ4n) is 1.74. The second-order valence-corrected chi connectivity index (χ2v) is 24.0.